The first kappa shape index (κ1) is 13.8. The summed E-state index contributed by atoms with van der Waals surface area (Å²) in [5.74, 6) is -1.93. The van der Waals surface area contributed by atoms with Crippen molar-refractivity contribution in [3.05, 3.63) is 41.3 Å². The van der Waals surface area contributed by atoms with Crippen molar-refractivity contribution in [2.24, 2.45) is 11.5 Å². The van der Waals surface area contributed by atoms with Crippen LogP contribution in [-0.4, -0.2) is 17.0 Å². The van der Waals surface area contributed by atoms with Gasteiger partial charge in [-0.25, -0.2) is 0 Å². The van der Waals surface area contributed by atoms with E-state index in [2.05, 4.69) is 5.16 Å². The molecule has 0 aliphatic carbocycles. The fourth-order valence-corrected chi connectivity index (χ4v) is 2.21. The fraction of sp³-hybridized carbons (Fsp3) is 0.214. The van der Waals surface area contributed by atoms with Crippen molar-refractivity contribution in [1.82, 2.24) is 5.16 Å². The van der Waals surface area contributed by atoms with Crippen LogP contribution in [0.15, 0.2) is 28.8 Å². The summed E-state index contributed by atoms with van der Waals surface area (Å²) in [6, 6.07) is 6.87. The Bertz CT molecular complexity index is 625. The monoisotopic (exact) mass is 273 g/mol. The van der Waals surface area contributed by atoms with E-state index >= 15 is 0 Å². The van der Waals surface area contributed by atoms with Crippen LogP contribution in [0.4, 0.5) is 0 Å². The van der Waals surface area contributed by atoms with Crippen LogP contribution in [0, 0.1) is 13.8 Å². The van der Waals surface area contributed by atoms with Gasteiger partial charge in [0.2, 0.25) is 11.8 Å². The number of carbonyl (C=O) groups is 2. The quantitative estimate of drug-likeness (QED) is 0.809. The molecule has 0 bridgehead atoms. The zero-order chi connectivity index (χ0) is 14.9. The number of rotatable bonds is 4. The van der Waals surface area contributed by atoms with Gasteiger partial charge in [-0.05, 0) is 25.0 Å². The molecule has 0 spiro atoms. The van der Waals surface area contributed by atoms with Gasteiger partial charge in [0, 0.05) is 5.56 Å². The van der Waals surface area contributed by atoms with Crippen molar-refractivity contribution in [2.75, 3.05) is 0 Å². The first-order valence-corrected chi connectivity index (χ1v) is 6.03. The third-order valence-electron chi connectivity index (χ3n) is 3.14. The molecule has 4 N–H and O–H groups in total. The van der Waals surface area contributed by atoms with Gasteiger partial charge in [-0.15, -0.1) is 0 Å². The molecule has 104 valence electrons. The molecule has 6 heteroatoms. The average molecular weight is 273 g/mol. The highest BCUT2D eigenvalue weighted by Crippen LogP contribution is 2.28. The van der Waals surface area contributed by atoms with Gasteiger partial charge < -0.3 is 16.0 Å². The maximum atomic E-state index is 11.3. The SMILES string of the molecule is Cc1noc(C)c1-c1ccc(C(C(N)=O)C(N)=O)cc1. The highest BCUT2D eigenvalue weighted by atomic mass is 16.5. The lowest BCUT2D eigenvalue weighted by Crippen LogP contribution is -2.32. The number of aromatic nitrogens is 1. The number of hydrogen-bond acceptors (Lipinski definition) is 4. The van der Waals surface area contributed by atoms with E-state index in [-0.39, 0.29) is 0 Å². The van der Waals surface area contributed by atoms with Gasteiger partial charge in [-0.1, -0.05) is 29.4 Å². The number of aryl methyl sites for hydroxylation is 2. The van der Waals surface area contributed by atoms with Gasteiger partial charge in [-0.3, -0.25) is 9.59 Å². The minimum Gasteiger partial charge on any atom is -0.369 e. The van der Waals surface area contributed by atoms with E-state index in [1.807, 2.05) is 13.8 Å². The summed E-state index contributed by atoms with van der Waals surface area (Å²) < 4.78 is 5.11. The smallest absolute Gasteiger partial charge is 0.234 e. The van der Waals surface area contributed by atoms with Crippen molar-refractivity contribution in [3.8, 4) is 11.1 Å². The molecule has 20 heavy (non-hydrogen) atoms. The van der Waals surface area contributed by atoms with Gasteiger partial charge >= 0.3 is 0 Å². The maximum absolute atomic E-state index is 11.3. The van der Waals surface area contributed by atoms with Crippen molar-refractivity contribution in [3.63, 3.8) is 0 Å². The number of hydrogen-bond donors (Lipinski definition) is 2. The van der Waals surface area contributed by atoms with Crippen LogP contribution >= 0.6 is 0 Å². The predicted molar refractivity (Wildman–Crippen MR) is 72.5 cm³/mol. The second-order valence-electron chi connectivity index (χ2n) is 4.56. The Hall–Kier alpha value is -2.63. The van der Waals surface area contributed by atoms with Crippen LogP contribution in [0.1, 0.15) is 22.9 Å². The van der Waals surface area contributed by atoms with Gasteiger partial charge in [-0.2, -0.15) is 0 Å². The van der Waals surface area contributed by atoms with Crippen LogP contribution in [-0.2, 0) is 9.59 Å². The van der Waals surface area contributed by atoms with Crippen LogP contribution in [0.3, 0.4) is 0 Å². The topological polar surface area (TPSA) is 112 Å². The molecule has 6 nitrogen and oxygen atoms in total. The number of amides is 2. The normalized spacial score (nSPS) is 10.8. The Kier molecular flexibility index (Phi) is 3.56. The van der Waals surface area contributed by atoms with Crippen LogP contribution in [0.25, 0.3) is 11.1 Å². The molecule has 2 rings (SSSR count). The molecule has 1 aromatic heterocycles. The Morgan fingerprint density at radius 3 is 2.05 bits per heavy atom. The summed E-state index contributed by atoms with van der Waals surface area (Å²) in [5.41, 5.74) is 13.4. The van der Waals surface area contributed by atoms with Crippen LogP contribution in [0.5, 0.6) is 0 Å². The second-order valence-corrected chi connectivity index (χ2v) is 4.56. The first-order valence-electron chi connectivity index (χ1n) is 6.03. The Labute approximate surface area is 115 Å². The van der Waals surface area contributed by atoms with Gasteiger partial charge in [0.25, 0.3) is 0 Å². The van der Waals surface area contributed by atoms with Crippen molar-refractivity contribution in [2.45, 2.75) is 19.8 Å². The Balaban J connectivity index is 2.40. The van der Waals surface area contributed by atoms with E-state index in [4.69, 9.17) is 16.0 Å². The van der Waals surface area contributed by atoms with Gasteiger partial charge in [0.05, 0.1) is 5.69 Å². The summed E-state index contributed by atoms with van der Waals surface area (Å²) in [7, 11) is 0. The van der Waals surface area contributed by atoms with Crippen LogP contribution in [0.2, 0.25) is 0 Å². The third-order valence-corrected chi connectivity index (χ3v) is 3.14. The molecular formula is C14H15N3O3. The summed E-state index contributed by atoms with van der Waals surface area (Å²) in [6.45, 7) is 3.66. The molecule has 0 radical (unpaired) electrons. The van der Waals surface area contributed by atoms with E-state index in [0.717, 1.165) is 16.8 Å². The Morgan fingerprint density at radius 1 is 1.10 bits per heavy atom. The lowest BCUT2D eigenvalue weighted by atomic mass is 9.95. The van der Waals surface area contributed by atoms with E-state index < -0.39 is 17.7 Å². The highest BCUT2D eigenvalue weighted by molar-refractivity contribution is 6.04. The predicted octanol–water partition coefficient (Wildman–Crippen LogP) is 1.01. The lowest BCUT2D eigenvalue weighted by molar-refractivity contribution is -0.128. The summed E-state index contributed by atoms with van der Waals surface area (Å²) in [4.78, 5) is 22.5. The molecule has 0 fully saturated rings. The molecule has 0 aliphatic heterocycles. The molecule has 0 atom stereocenters. The fourth-order valence-electron chi connectivity index (χ4n) is 2.21. The molecule has 0 saturated carbocycles. The van der Waals surface area contributed by atoms with E-state index in [1.54, 1.807) is 24.3 Å². The molecule has 0 saturated heterocycles. The number of nitrogens with zero attached hydrogens (tertiary/aromatic N) is 1. The minimum absolute atomic E-state index is 0.473. The summed E-state index contributed by atoms with van der Waals surface area (Å²) in [5, 5.41) is 3.88. The molecular weight excluding hydrogens is 258 g/mol. The number of carbonyl (C=O) groups excluding carboxylic acids is 2. The zero-order valence-electron chi connectivity index (χ0n) is 11.2. The molecule has 0 aliphatic rings. The summed E-state index contributed by atoms with van der Waals surface area (Å²) in [6.07, 6.45) is 0. The molecule has 2 amide bonds. The molecule has 0 unspecified atom stereocenters. The van der Waals surface area contributed by atoms with Crippen molar-refractivity contribution in [1.29, 1.82) is 0 Å². The van der Waals surface area contributed by atoms with E-state index in [1.165, 1.54) is 0 Å². The summed E-state index contributed by atoms with van der Waals surface area (Å²) >= 11 is 0. The minimum atomic E-state index is -1.12. The molecule has 1 aromatic carbocycles. The van der Waals surface area contributed by atoms with Crippen molar-refractivity contribution < 1.29 is 14.1 Å². The maximum Gasteiger partial charge on any atom is 0.234 e. The Morgan fingerprint density at radius 2 is 1.65 bits per heavy atom. The van der Waals surface area contributed by atoms with Gasteiger partial charge in [0.15, 0.2) is 0 Å². The zero-order valence-corrected chi connectivity index (χ0v) is 11.2. The average Bonchev–Trinajstić information content (AvgIpc) is 2.69. The van der Waals surface area contributed by atoms with E-state index in [0.29, 0.717) is 11.3 Å². The van der Waals surface area contributed by atoms with Crippen LogP contribution < -0.4 is 11.5 Å². The largest absolute Gasteiger partial charge is 0.369 e. The highest BCUT2D eigenvalue weighted by Gasteiger charge is 2.24. The first-order chi connectivity index (χ1) is 9.41. The standard InChI is InChI=1S/C14H15N3O3/c1-7-11(8(2)20-17-7)9-3-5-10(6-4-9)12(13(15)18)14(16)19/h3-6,12H,1-2H3,(H2,15,18)(H2,16,19). The lowest BCUT2D eigenvalue weighted by Gasteiger charge is -2.10. The van der Waals surface area contributed by atoms with Gasteiger partial charge in [0.1, 0.15) is 11.7 Å². The van der Waals surface area contributed by atoms with Crippen molar-refractivity contribution >= 4 is 11.8 Å². The number of benzene rings is 1. The molecule has 2 aromatic rings. The second kappa shape index (κ2) is 5.16. The number of primary amides is 2. The third kappa shape index (κ3) is 2.40. The van der Waals surface area contributed by atoms with E-state index in [9.17, 15) is 9.59 Å². The number of nitrogens with two attached hydrogens (primary N) is 2. The molecule has 1 heterocycles.